The molecule has 1 rings (SSSR count). The van der Waals surface area contributed by atoms with Crippen LogP contribution >= 0.6 is 15.9 Å². The van der Waals surface area contributed by atoms with Gasteiger partial charge in [-0.25, -0.2) is 13.6 Å². The van der Waals surface area contributed by atoms with Gasteiger partial charge in [-0.2, -0.15) is 0 Å². The maximum absolute atomic E-state index is 12.2. The molecule has 6 nitrogen and oxygen atoms in total. The van der Waals surface area contributed by atoms with Crippen molar-refractivity contribution in [1.82, 2.24) is 5.32 Å². The molecule has 1 aromatic carbocycles. The summed E-state index contributed by atoms with van der Waals surface area (Å²) in [5.74, 6) is -0.358. The summed E-state index contributed by atoms with van der Waals surface area (Å²) in [4.78, 5) is 12.1. The Morgan fingerprint density at radius 2 is 2.14 bits per heavy atom. The maximum atomic E-state index is 12.2. The zero-order valence-corrected chi connectivity index (χ0v) is 14.3. The van der Waals surface area contributed by atoms with Crippen molar-refractivity contribution in [3.05, 3.63) is 28.2 Å². The zero-order chi connectivity index (χ0) is 16.0. The molecule has 3 N–H and O–H groups in total. The molecule has 0 bridgehead atoms. The highest BCUT2D eigenvalue weighted by molar-refractivity contribution is 9.10. The van der Waals surface area contributed by atoms with E-state index in [0.29, 0.717) is 11.1 Å². The first-order chi connectivity index (χ1) is 9.79. The molecule has 1 atom stereocenters. The minimum absolute atomic E-state index is 0.117. The molecular weight excluding hydrogens is 360 g/mol. The summed E-state index contributed by atoms with van der Waals surface area (Å²) in [5, 5.41) is 7.93. The first-order valence-corrected chi connectivity index (χ1v) is 8.75. The Kier molecular flexibility index (Phi) is 6.79. The lowest BCUT2D eigenvalue weighted by Gasteiger charge is -2.17. The van der Waals surface area contributed by atoms with Crippen LogP contribution in [0.2, 0.25) is 0 Å². The van der Waals surface area contributed by atoms with Crippen LogP contribution in [0.3, 0.4) is 0 Å². The van der Waals surface area contributed by atoms with E-state index in [1.165, 1.54) is 18.2 Å². The van der Waals surface area contributed by atoms with Gasteiger partial charge in [-0.1, -0.05) is 13.3 Å². The average Bonchev–Trinajstić information content (AvgIpc) is 2.38. The van der Waals surface area contributed by atoms with Crippen molar-refractivity contribution in [2.75, 3.05) is 13.7 Å². The van der Waals surface area contributed by atoms with E-state index in [0.717, 1.165) is 12.8 Å². The van der Waals surface area contributed by atoms with Crippen LogP contribution in [0.4, 0.5) is 0 Å². The van der Waals surface area contributed by atoms with Gasteiger partial charge in [-0.3, -0.25) is 4.79 Å². The highest BCUT2D eigenvalue weighted by atomic mass is 79.9. The predicted octanol–water partition coefficient (Wildman–Crippen LogP) is 1.64. The normalized spacial score (nSPS) is 13.0. The first kappa shape index (κ1) is 18.1. The number of carbonyl (C=O) groups excluding carboxylic acids is 1. The number of rotatable bonds is 7. The molecule has 0 aromatic heterocycles. The number of sulfonamides is 1. The summed E-state index contributed by atoms with van der Waals surface area (Å²) in [5.41, 5.74) is 0.236. The Bertz CT molecular complexity index is 598. The Morgan fingerprint density at radius 3 is 2.67 bits per heavy atom. The molecule has 1 aromatic rings. The number of carbonyl (C=O) groups is 1. The second-order valence-corrected chi connectivity index (χ2v) is 6.99. The topological polar surface area (TPSA) is 98.5 Å². The summed E-state index contributed by atoms with van der Waals surface area (Å²) in [6, 6.07) is 4.16. The minimum Gasteiger partial charge on any atom is -0.383 e. The molecule has 21 heavy (non-hydrogen) atoms. The van der Waals surface area contributed by atoms with Gasteiger partial charge in [-0.15, -0.1) is 0 Å². The fraction of sp³-hybridized carbons (Fsp3) is 0.462. The van der Waals surface area contributed by atoms with Crippen LogP contribution in [-0.2, 0) is 14.8 Å². The molecule has 0 radical (unpaired) electrons. The summed E-state index contributed by atoms with van der Waals surface area (Å²) >= 11 is 3.11. The van der Waals surface area contributed by atoms with Gasteiger partial charge in [0.2, 0.25) is 10.0 Å². The van der Waals surface area contributed by atoms with Crippen LogP contribution in [-0.4, -0.2) is 34.1 Å². The number of hydrogen-bond acceptors (Lipinski definition) is 4. The van der Waals surface area contributed by atoms with Crippen molar-refractivity contribution in [3.8, 4) is 0 Å². The van der Waals surface area contributed by atoms with E-state index < -0.39 is 10.0 Å². The molecular formula is C13H19BrN2O4S. The SMILES string of the molecule is CCCC(COC)NC(=O)c1ccc(Br)c(S(N)(=O)=O)c1. The monoisotopic (exact) mass is 378 g/mol. The summed E-state index contributed by atoms with van der Waals surface area (Å²) in [6.07, 6.45) is 1.68. The molecule has 0 aliphatic heterocycles. The van der Waals surface area contributed by atoms with Gasteiger partial charge < -0.3 is 10.1 Å². The number of primary sulfonamides is 1. The Morgan fingerprint density at radius 1 is 1.48 bits per heavy atom. The molecule has 0 saturated heterocycles. The van der Waals surface area contributed by atoms with E-state index in [9.17, 15) is 13.2 Å². The molecule has 0 spiro atoms. The lowest BCUT2D eigenvalue weighted by atomic mass is 10.1. The van der Waals surface area contributed by atoms with Crippen LogP contribution < -0.4 is 10.5 Å². The molecule has 118 valence electrons. The van der Waals surface area contributed by atoms with Gasteiger partial charge in [0.1, 0.15) is 0 Å². The van der Waals surface area contributed by atoms with Crippen molar-refractivity contribution in [2.45, 2.75) is 30.7 Å². The molecule has 8 heteroatoms. The van der Waals surface area contributed by atoms with Gasteiger partial charge in [0.15, 0.2) is 0 Å². The van der Waals surface area contributed by atoms with Gasteiger partial charge in [0, 0.05) is 17.1 Å². The van der Waals surface area contributed by atoms with E-state index in [-0.39, 0.29) is 22.4 Å². The highest BCUT2D eigenvalue weighted by Crippen LogP contribution is 2.22. The van der Waals surface area contributed by atoms with Crippen LogP contribution in [0.1, 0.15) is 30.1 Å². The standard InChI is InChI=1S/C13H19BrN2O4S/c1-3-4-10(8-20-2)16-13(17)9-5-6-11(14)12(7-9)21(15,18)19/h5-7,10H,3-4,8H2,1-2H3,(H,16,17)(H2,15,18,19). The fourth-order valence-electron chi connectivity index (χ4n) is 1.88. The molecule has 0 aliphatic carbocycles. The molecule has 1 amide bonds. The van der Waals surface area contributed by atoms with E-state index in [2.05, 4.69) is 21.2 Å². The lowest BCUT2D eigenvalue weighted by Crippen LogP contribution is -2.38. The van der Waals surface area contributed by atoms with Crippen LogP contribution in [0, 0.1) is 0 Å². The number of nitrogens with one attached hydrogen (secondary N) is 1. The van der Waals surface area contributed by atoms with E-state index >= 15 is 0 Å². The summed E-state index contributed by atoms with van der Waals surface area (Å²) in [6.45, 7) is 2.41. The summed E-state index contributed by atoms with van der Waals surface area (Å²) in [7, 11) is -2.33. The van der Waals surface area contributed by atoms with E-state index in [1.54, 1.807) is 7.11 Å². The van der Waals surface area contributed by atoms with Crippen LogP contribution in [0.25, 0.3) is 0 Å². The quantitative estimate of drug-likeness (QED) is 0.753. The number of benzene rings is 1. The molecule has 0 fully saturated rings. The number of ether oxygens (including phenoxy) is 1. The van der Waals surface area contributed by atoms with E-state index in [1.807, 2.05) is 6.92 Å². The molecule has 1 unspecified atom stereocenters. The first-order valence-electron chi connectivity index (χ1n) is 6.41. The Hall–Kier alpha value is -0.960. The van der Waals surface area contributed by atoms with Gasteiger partial charge in [0.25, 0.3) is 5.91 Å². The molecule has 0 aliphatic rings. The number of nitrogens with two attached hydrogens (primary N) is 1. The minimum atomic E-state index is -3.89. The third kappa shape index (κ3) is 5.39. The number of amides is 1. The number of methoxy groups -OCH3 is 1. The van der Waals surface area contributed by atoms with Crippen molar-refractivity contribution in [2.24, 2.45) is 5.14 Å². The van der Waals surface area contributed by atoms with Crippen molar-refractivity contribution >= 4 is 31.9 Å². The van der Waals surface area contributed by atoms with E-state index in [4.69, 9.17) is 9.88 Å². The Labute approximate surface area is 133 Å². The molecule has 0 heterocycles. The lowest BCUT2D eigenvalue weighted by molar-refractivity contribution is 0.0891. The van der Waals surface area contributed by atoms with Crippen molar-refractivity contribution in [3.63, 3.8) is 0 Å². The van der Waals surface area contributed by atoms with Gasteiger partial charge in [0.05, 0.1) is 17.5 Å². The second-order valence-electron chi connectivity index (χ2n) is 4.60. The van der Waals surface area contributed by atoms with Crippen LogP contribution in [0.5, 0.6) is 0 Å². The third-order valence-corrected chi connectivity index (χ3v) is 4.74. The maximum Gasteiger partial charge on any atom is 0.251 e. The fourth-order valence-corrected chi connectivity index (χ4v) is 3.43. The number of hydrogen-bond donors (Lipinski definition) is 2. The van der Waals surface area contributed by atoms with Crippen molar-refractivity contribution in [1.29, 1.82) is 0 Å². The van der Waals surface area contributed by atoms with Gasteiger partial charge >= 0.3 is 0 Å². The smallest absolute Gasteiger partial charge is 0.251 e. The number of halogens is 1. The second kappa shape index (κ2) is 7.88. The zero-order valence-electron chi connectivity index (χ0n) is 11.9. The van der Waals surface area contributed by atoms with Gasteiger partial charge in [-0.05, 0) is 40.5 Å². The molecule has 0 saturated carbocycles. The predicted molar refractivity (Wildman–Crippen MR) is 83.6 cm³/mol. The Balaban J connectivity index is 2.97. The van der Waals surface area contributed by atoms with Crippen molar-refractivity contribution < 1.29 is 17.9 Å². The highest BCUT2D eigenvalue weighted by Gasteiger charge is 2.18. The van der Waals surface area contributed by atoms with Crippen LogP contribution in [0.15, 0.2) is 27.6 Å². The largest absolute Gasteiger partial charge is 0.383 e. The summed E-state index contributed by atoms with van der Waals surface area (Å²) < 4.78 is 28.3. The third-order valence-electron chi connectivity index (χ3n) is 2.84. The average molecular weight is 379 g/mol.